The van der Waals surface area contributed by atoms with Crippen LogP contribution >= 0.6 is 23.2 Å². The van der Waals surface area contributed by atoms with E-state index in [1.165, 1.54) is 12.1 Å². The Bertz CT molecular complexity index is 853. The van der Waals surface area contributed by atoms with Crippen LogP contribution < -0.4 is 4.72 Å². The second kappa shape index (κ2) is 6.58. The van der Waals surface area contributed by atoms with E-state index in [4.69, 9.17) is 23.2 Å². The fourth-order valence-electron chi connectivity index (χ4n) is 2.13. The van der Waals surface area contributed by atoms with Gasteiger partial charge in [-0.1, -0.05) is 44.0 Å². The highest BCUT2D eigenvalue weighted by Gasteiger charge is 2.30. The van der Waals surface area contributed by atoms with E-state index >= 15 is 0 Å². The summed E-state index contributed by atoms with van der Waals surface area (Å²) in [6.45, 7) is 9.66. The molecule has 0 atom stereocenters. The molecule has 5 nitrogen and oxygen atoms in total. The maximum atomic E-state index is 12.9. The largest absolute Gasteiger partial charge is 0.278 e. The number of rotatable bonds is 4. The first-order valence-electron chi connectivity index (χ1n) is 7.49. The topological polar surface area (TPSA) is 64.0 Å². The molecular weight excluding hydrogens is 369 g/mol. The molecule has 8 heteroatoms. The van der Waals surface area contributed by atoms with Crippen LogP contribution in [-0.4, -0.2) is 18.2 Å². The predicted molar refractivity (Wildman–Crippen MR) is 98.6 cm³/mol. The predicted octanol–water partition coefficient (Wildman–Crippen LogP) is 4.87. The number of nitrogens with zero attached hydrogens (tertiary/aromatic N) is 2. The first-order chi connectivity index (χ1) is 10.9. The van der Waals surface area contributed by atoms with E-state index in [0.29, 0.717) is 10.7 Å². The summed E-state index contributed by atoms with van der Waals surface area (Å²) in [5, 5.41) is 5.14. The Labute approximate surface area is 153 Å². The van der Waals surface area contributed by atoms with Gasteiger partial charge in [-0.3, -0.25) is 9.40 Å². The Morgan fingerprint density at radius 3 is 2.33 bits per heavy atom. The van der Waals surface area contributed by atoms with Gasteiger partial charge in [0.2, 0.25) is 0 Å². The zero-order chi connectivity index (χ0) is 18.3. The molecule has 0 spiro atoms. The maximum Gasteiger partial charge on any atom is 0.265 e. The van der Waals surface area contributed by atoms with Crippen molar-refractivity contribution >= 4 is 38.9 Å². The van der Waals surface area contributed by atoms with Gasteiger partial charge in [0.05, 0.1) is 16.4 Å². The van der Waals surface area contributed by atoms with Crippen LogP contribution in [0.4, 0.5) is 5.69 Å². The molecule has 0 saturated carbocycles. The fraction of sp³-hybridized carbons (Fsp3) is 0.438. The van der Waals surface area contributed by atoms with Crippen LogP contribution in [0.1, 0.15) is 46.4 Å². The summed E-state index contributed by atoms with van der Waals surface area (Å²) in [5.74, 6) is 0. The second-order valence-electron chi connectivity index (χ2n) is 6.90. The van der Waals surface area contributed by atoms with Crippen LogP contribution in [0.25, 0.3) is 0 Å². The highest BCUT2D eigenvalue weighted by atomic mass is 35.5. The summed E-state index contributed by atoms with van der Waals surface area (Å²) < 4.78 is 29.9. The van der Waals surface area contributed by atoms with E-state index in [2.05, 4.69) is 9.82 Å². The lowest BCUT2D eigenvalue weighted by Gasteiger charge is -2.18. The zero-order valence-corrected chi connectivity index (χ0v) is 16.6. The van der Waals surface area contributed by atoms with Crippen molar-refractivity contribution in [1.29, 1.82) is 0 Å². The van der Waals surface area contributed by atoms with Crippen molar-refractivity contribution < 1.29 is 8.42 Å². The monoisotopic (exact) mass is 389 g/mol. The highest BCUT2D eigenvalue weighted by Crippen LogP contribution is 2.32. The van der Waals surface area contributed by atoms with Crippen molar-refractivity contribution in [2.45, 2.75) is 51.0 Å². The smallest absolute Gasteiger partial charge is 0.265 e. The quantitative estimate of drug-likeness (QED) is 0.810. The first kappa shape index (κ1) is 19.1. The fourth-order valence-corrected chi connectivity index (χ4v) is 4.07. The molecule has 0 unspecified atom stereocenters. The molecule has 2 rings (SSSR count). The van der Waals surface area contributed by atoms with Crippen molar-refractivity contribution in [3.05, 3.63) is 40.1 Å². The van der Waals surface area contributed by atoms with Crippen LogP contribution in [0.2, 0.25) is 10.0 Å². The molecule has 0 aliphatic heterocycles. The van der Waals surface area contributed by atoms with Crippen LogP contribution in [0, 0.1) is 0 Å². The highest BCUT2D eigenvalue weighted by molar-refractivity contribution is 7.92. The molecule has 0 radical (unpaired) electrons. The number of hydrogen-bond donors (Lipinski definition) is 1. The molecule has 1 N–H and O–H groups in total. The molecular formula is C16H21Cl2N3O2S. The number of halogens is 2. The minimum Gasteiger partial charge on any atom is -0.278 e. The first-order valence-corrected chi connectivity index (χ1v) is 9.73. The van der Waals surface area contributed by atoms with Gasteiger partial charge in [0, 0.05) is 22.7 Å². The van der Waals surface area contributed by atoms with Crippen molar-refractivity contribution in [3.8, 4) is 0 Å². The summed E-state index contributed by atoms with van der Waals surface area (Å²) in [5.41, 5.74) is 0.362. The number of sulfonamides is 1. The van der Waals surface area contributed by atoms with E-state index in [1.54, 1.807) is 16.9 Å². The molecule has 132 valence electrons. The molecule has 2 aromatic rings. The summed E-state index contributed by atoms with van der Waals surface area (Å²) in [6.07, 6.45) is 1.55. The Hall–Kier alpha value is -1.24. The van der Waals surface area contributed by atoms with Gasteiger partial charge < -0.3 is 0 Å². The third kappa shape index (κ3) is 4.05. The van der Waals surface area contributed by atoms with E-state index in [0.717, 1.165) is 0 Å². The Kier molecular flexibility index (Phi) is 5.23. The minimum atomic E-state index is -3.84. The van der Waals surface area contributed by atoms with Crippen molar-refractivity contribution in [2.75, 3.05) is 4.72 Å². The Morgan fingerprint density at radius 1 is 1.21 bits per heavy atom. The van der Waals surface area contributed by atoms with E-state index < -0.39 is 15.4 Å². The summed E-state index contributed by atoms with van der Waals surface area (Å²) in [7, 11) is -3.84. The lowest BCUT2D eigenvalue weighted by Crippen LogP contribution is -2.20. The number of anilines is 1. The number of hydrogen-bond acceptors (Lipinski definition) is 3. The van der Waals surface area contributed by atoms with Crippen molar-refractivity contribution in [2.24, 2.45) is 0 Å². The molecule has 0 fully saturated rings. The van der Waals surface area contributed by atoms with Gasteiger partial charge in [0.25, 0.3) is 10.0 Å². The van der Waals surface area contributed by atoms with E-state index in [9.17, 15) is 8.42 Å². The molecule has 0 amide bonds. The lowest BCUT2D eigenvalue weighted by molar-refractivity contribution is 0.493. The average molecular weight is 390 g/mol. The standard InChI is InChI=1S/C16H21Cl2N3O2S/c1-10(2)21-9-14(15(19-21)16(3,4)5)24(22,23)20-13-7-6-11(17)8-12(13)18/h6-10,20H,1-5H3. The summed E-state index contributed by atoms with van der Waals surface area (Å²) >= 11 is 11.9. The van der Waals surface area contributed by atoms with Crippen LogP contribution in [-0.2, 0) is 15.4 Å². The number of benzene rings is 1. The second-order valence-corrected chi connectivity index (χ2v) is 9.39. The maximum absolute atomic E-state index is 12.9. The van der Waals surface area contributed by atoms with Gasteiger partial charge in [-0.15, -0.1) is 0 Å². The summed E-state index contributed by atoms with van der Waals surface area (Å²) in [4.78, 5) is 0.148. The van der Waals surface area contributed by atoms with Gasteiger partial charge in [0.1, 0.15) is 4.90 Å². The molecule has 0 aliphatic rings. The van der Waals surface area contributed by atoms with Gasteiger partial charge in [0.15, 0.2) is 0 Å². The average Bonchev–Trinajstić information content (AvgIpc) is 2.88. The van der Waals surface area contributed by atoms with Crippen molar-refractivity contribution in [3.63, 3.8) is 0 Å². The lowest BCUT2D eigenvalue weighted by atomic mass is 9.92. The normalized spacial score (nSPS) is 12.7. The van der Waals surface area contributed by atoms with Crippen molar-refractivity contribution in [1.82, 2.24) is 9.78 Å². The molecule has 1 aromatic carbocycles. The molecule has 0 aliphatic carbocycles. The molecule has 24 heavy (non-hydrogen) atoms. The molecule has 1 heterocycles. The van der Waals surface area contributed by atoms with E-state index in [1.807, 2.05) is 34.6 Å². The number of nitrogens with one attached hydrogen (secondary N) is 1. The minimum absolute atomic E-state index is 0.0502. The molecule has 1 aromatic heterocycles. The van der Waals surface area contributed by atoms with Gasteiger partial charge in [-0.05, 0) is 32.0 Å². The third-order valence-electron chi connectivity index (χ3n) is 3.40. The SMILES string of the molecule is CC(C)n1cc(S(=O)(=O)Nc2ccc(Cl)cc2Cl)c(C(C)(C)C)n1. The van der Waals surface area contributed by atoms with Gasteiger partial charge in [-0.25, -0.2) is 8.42 Å². The van der Waals surface area contributed by atoms with Gasteiger partial charge >= 0.3 is 0 Å². The Morgan fingerprint density at radius 2 is 1.83 bits per heavy atom. The van der Waals surface area contributed by atoms with Crippen LogP contribution in [0.15, 0.2) is 29.3 Å². The zero-order valence-electron chi connectivity index (χ0n) is 14.3. The number of aromatic nitrogens is 2. The van der Waals surface area contributed by atoms with Gasteiger partial charge in [-0.2, -0.15) is 5.10 Å². The third-order valence-corrected chi connectivity index (χ3v) is 5.32. The van der Waals surface area contributed by atoms with Crippen LogP contribution in [0.5, 0.6) is 0 Å². The van der Waals surface area contributed by atoms with Crippen LogP contribution in [0.3, 0.4) is 0 Å². The summed E-state index contributed by atoms with van der Waals surface area (Å²) in [6, 6.07) is 4.65. The van der Waals surface area contributed by atoms with E-state index in [-0.39, 0.29) is 21.6 Å². The molecule has 0 saturated heterocycles. The molecule has 0 bridgehead atoms. The Balaban J connectivity index is 2.52.